The second kappa shape index (κ2) is 7.16. The van der Waals surface area contributed by atoms with Gasteiger partial charge in [-0.2, -0.15) is 0 Å². The molecule has 1 aliphatic rings. The average molecular weight is 325 g/mol. The molecule has 0 bridgehead atoms. The lowest BCUT2D eigenvalue weighted by atomic mass is 9.86. The number of carboxylic acid groups (broad SMARTS) is 1. The third-order valence-corrected chi connectivity index (χ3v) is 3.88. The molecule has 23 heavy (non-hydrogen) atoms. The first kappa shape index (κ1) is 16.8. The number of esters is 1. The minimum absolute atomic E-state index is 0.187. The Hall–Kier alpha value is -2.52. The van der Waals surface area contributed by atoms with Crippen molar-refractivity contribution >= 4 is 17.8 Å². The molecule has 0 spiro atoms. The highest BCUT2D eigenvalue weighted by Gasteiger charge is 2.38. The largest absolute Gasteiger partial charge is 0.466 e. The summed E-state index contributed by atoms with van der Waals surface area (Å²) in [5.74, 6) is -0.846. The Bertz CT molecular complexity index is 601. The number of carbonyl (C=O) groups excluding carboxylic acids is 2. The van der Waals surface area contributed by atoms with Crippen LogP contribution in [-0.4, -0.2) is 61.2 Å². The predicted molar refractivity (Wildman–Crippen MR) is 75.3 cm³/mol. The third-order valence-electron chi connectivity index (χ3n) is 3.88. The number of amides is 1. The average Bonchev–Trinajstić information content (AvgIpc) is 2.92. The fourth-order valence-electron chi connectivity index (χ4n) is 2.75. The quantitative estimate of drug-likeness (QED) is 0.599. The van der Waals surface area contributed by atoms with Crippen LogP contribution in [0.1, 0.15) is 38.1 Å². The van der Waals surface area contributed by atoms with Crippen molar-refractivity contribution in [1.82, 2.24) is 25.1 Å². The zero-order chi connectivity index (χ0) is 17.0. The van der Waals surface area contributed by atoms with E-state index in [2.05, 4.69) is 15.5 Å². The molecule has 2 unspecified atom stereocenters. The summed E-state index contributed by atoms with van der Waals surface area (Å²) in [5, 5.41) is 20.4. The van der Waals surface area contributed by atoms with E-state index in [1.807, 2.05) is 0 Å². The number of hydrogen-bond donors (Lipinski definition) is 1. The van der Waals surface area contributed by atoms with E-state index in [-0.39, 0.29) is 31.8 Å². The van der Waals surface area contributed by atoms with Gasteiger partial charge in [0.25, 0.3) is 0 Å². The second-order valence-electron chi connectivity index (χ2n) is 5.32. The van der Waals surface area contributed by atoms with Gasteiger partial charge >= 0.3 is 12.1 Å². The highest BCUT2D eigenvalue weighted by Crippen LogP contribution is 2.33. The van der Waals surface area contributed by atoms with Gasteiger partial charge in [0.2, 0.25) is 0 Å². The number of carbonyl (C=O) groups is 3. The van der Waals surface area contributed by atoms with Gasteiger partial charge in [-0.05, 0) is 30.2 Å². The molecule has 1 aromatic rings. The number of rotatable bonds is 5. The first-order valence-corrected chi connectivity index (χ1v) is 7.34. The summed E-state index contributed by atoms with van der Waals surface area (Å²) >= 11 is 0. The van der Waals surface area contributed by atoms with Crippen molar-refractivity contribution in [3.8, 4) is 0 Å². The van der Waals surface area contributed by atoms with E-state index in [0.717, 1.165) is 0 Å². The molecule has 1 amide bonds. The van der Waals surface area contributed by atoms with Crippen LogP contribution >= 0.6 is 0 Å². The van der Waals surface area contributed by atoms with Crippen molar-refractivity contribution < 1.29 is 24.2 Å². The Morgan fingerprint density at radius 2 is 2.13 bits per heavy atom. The lowest BCUT2D eigenvalue weighted by Gasteiger charge is -2.36. The van der Waals surface area contributed by atoms with Crippen molar-refractivity contribution in [2.24, 2.45) is 13.0 Å². The number of ketones is 1. The minimum Gasteiger partial charge on any atom is -0.466 e. The molecular formula is C13H19N5O5. The van der Waals surface area contributed by atoms with Crippen LogP contribution in [0.4, 0.5) is 4.79 Å². The number of tetrazole rings is 1. The second-order valence-corrected chi connectivity index (χ2v) is 5.32. The van der Waals surface area contributed by atoms with Crippen LogP contribution < -0.4 is 0 Å². The van der Waals surface area contributed by atoms with Gasteiger partial charge in [-0.3, -0.25) is 14.5 Å². The smallest absolute Gasteiger partial charge is 0.407 e. The van der Waals surface area contributed by atoms with E-state index in [1.54, 1.807) is 14.0 Å². The number of likely N-dealkylation sites (tertiary alicyclic amines) is 1. The molecule has 1 aromatic heterocycles. The number of Topliss-reactive ketones (excluding diaryl/α,β-unsaturated/α-hetero) is 1. The Morgan fingerprint density at radius 1 is 1.39 bits per heavy atom. The van der Waals surface area contributed by atoms with Crippen molar-refractivity contribution in [2.75, 3.05) is 13.2 Å². The molecule has 10 nitrogen and oxygen atoms in total. The Balaban J connectivity index is 2.12. The predicted octanol–water partition coefficient (Wildman–Crippen LogP) is 0.163. The Morgan fingerprint density at radius 3 is 2.70 bits per heavy atom. The molecule has 0 aromatic carbocycles. The van der Waals surface area contributed by atoms with E-state index in [0.29, 0.717) is 12.2 Å². The van der Waals surface area contributed by atoms with Crippen LogP contribution in [0.3, 0.4) is 0 Å². The summed E-state index contributed by atoms with van der Waals surface area (Å²) in [4.78, 5) is 36.3. The van der Waals surface area contributed by atoms with Crippen LogP contribution in [0.5, 0.6) is 0 Å². The summed E-state index contributed by atoms with van der Waals surface area (Å²) in [6.07, 6.45) is -0.769. The summed E-state index contributed by atoms with van der Waals surface area (Å²) in [6, 6.07) is -0.614. The van der Waals surface area contributed by atoms with Gasteiger partial charge in [0.1, 0.15) is 12.2 Å². The lowest BCUT2D eigenvalue weighted by molar-refractivity contribution is -0.146. The van der Waals surface area contributed by atoms with Gasteiger partial charge in [0.15, 0.2) is 5.82 Å². The van der Waals surface area contributed by atoms with E-state index in [4.69, 9.17) is 4.74 Å². The molecule has 2 rings (SSSR count). The molecular weight excluding hydrogens is 306 g/mol. The van der Waals surface area contributed by atoms with Gasteiger partial charge in [-0.15, -0.1) is 5.10 Å². The number of ether oxygens (including phenoxy) is 1. The summed E-state index contributed by atoms with van der Waals surface area (Å²) in [7, 11) is 1.61. The van der Waals surface area contributed by atoms with Crippen LogP contribution in [0.2, 0.25) is 0 Å². The Labute approximate surface area is 132 Å². The first-order chi connectivity index (χ1) is 10.9. The van der Waals surface area contributed by atoms with Gasteiger partial charge < -0.3 is 9.84 Å². The molecule has 2 heterocycles. The molecule has 1 fully saturated rings. The third kappa shape index (κ3) is 3.82. The maximum atomic E-state index is 12.2. The van der Waals surface area contributed by atoms with Crippen molar-refractivity contribution in [3.05, 3.63) is 5.82 Å². The number of aromatic nitrogens is 4. The lowest BCUT2D eigenvalue weighted by Crippen LogP contribution is -2.43. The standard InChI is InChI=1S/C13H19N5O5/c1-3-23-11(20)7-10(19)8-4-5-18(13(21)22)9(6-8)12-14-15-16-17(12)2/h8-9H,3-7H2,1-2H3,(H,21,22). The highest BCUT2D eigenvalue weighted by molar-refractivity contribution is 5.96. The monoisotopic (exact) mass is 325 g/mol. The number of piperidine rings is 1. The number of nitrogens with zero attached hydrogens (tertiary/aromatic N) is 5. The van der Waals surface area contributed by atoms with E-state index in [1.165, 1.54) is 9.58 Å². The molecule has 1 N–H and O–H groups in total. The summed E-state index contributed by atoms with van der Waals surface area (Å²) in [5.41, 5.74) is 0. The van der Waals surface area contributed by atoms with Gasteiger partial charge in [0, 0.05) is 19.5 Å². The highest BCUT2D eigenvalue weighted by atomic mass is 16.5. The molecule has 0 aliphatic carbocycles. The summed E-state index contributed by atoms with van der Waals surface area (Å²) in [6.45, 7) is 2.08. The van der Waals surface area contributed by atoms with E-state index >= 15 is 0 Å². The topological polar surface area (TPSA) is 128 Å². The molecule has 126 valence electrons. The van der Waals surface area contributed by atoms with Crippen molar-refractivity contribution in [1.29, 1.82) is 0 Å². The fraction of sp³-hybridized carbons (Fsp3) is 0.692. The molecule has 0 saturated carbocycles. The van der Waals surface area contributed by atoms with Gasteiger partial charge in [0.05, 0.1) is 12.6 Å². The first-order valence-electron chi connectivity index (χ1n) is 7.34. The zero-order valence-corrected chi connectivity index (χ0v) is 13.0. The molecule has 0 radical (unpaired) electrons. The Kier molecular flexibility index (Phi) is 5.24. The van der Waals surface area contributed by atoms with Gasteiger partial charge in [-0.25, -0.2) is 9.48 Å². The molecule has 1 saturated heterocycles. The number of hydrogen-bond acceptors (Lipinski definition) is 7. The van der Waals surface area contributed by atoms with E-state index < -0.39 is 24.0 Å². The maximum Gasteiger partial charge on any atom is 0.407 e. The summed E-state index contributed by atoms with van der Waals surface area (Å²) < 4.78 is 6.17. The molecule has 2 atom stereocenters. The SMILES string of the molecule is CCOC(=O)CC(=O)C1CCN(C(=O)O)C(c2nnnn2C)C1. The van der Waals surface area contributed by atoms with Gasteiger partial charge in [-0.1, -0.05) is 0 Å². The van der Waals surface area contributed by atoms with Crippen LogP contribution in [0, 0.1) is 5.92 Å². The van der Waals surface area contributed by atoms with Crippen LogP contribution in [0.25, 0.3) is 0 Å². The maximum absolute atomic E-state index is 12.2. The van der Waals surface area contributed by atoms with Crippen molar-refractivity contribution in [2.45, 2.75) is 32.2 Å². The number of aryl methyl sites for hydroxylation is 1. The van der Waals surface area contributed by atoms with Crippen LogP contribution in [-0.2, 0) is 21.4 Å². The molecule has 10 heteroatoms. The molecule has 1 aliphatic heterocycles. The van der Waals surface area contributed by atoms with E-state index in [9.17, 15) is 19.5 Å². The zero-order valence-electron chi connectivity index (χ0n) is 13.0. The normalized spacial score (nSPS) is 21.0. The van der Waals surface area contributed by atoms with Crippen LogP contribution in [0.15, 0.2) is 0 Å². The van der Waals surface area contributed by atoms with Crippen molar-refractivity contribution in [3.63, 3.8) is 0 Å². The fourth-order valence-corrected chi connectivity index (χ4v) is 2.75. The minimum atomic E-state index is -1.09.